The van der Waals surface area contributed by atoms with Crippen LogP contribution in [0, 0.1) is 5.82 Å². The number of nitrogens with zero attached hydrogens (tertiary/aromatic N) is 4. The minimum atomic E-state index is -0.342. The first-order valence-corrected chi connectivity index (χ1v) is 7.51. The monoisotopic (exact) mass is 310 g/mol. The van der Waals surface area contributed by atoms with Crippen molar-refractivity contribution in [3.63, 3.8) is 0 Å². The summed E-state index contributed by atoms with van der Waals surface area (Å²) in [5, 5.41) is 10.4. The lowest BCUT2D eigenvalue weighted by Gasteiger charge is -2.17. The zero-order valence-electron chi connectivity index (χ0n) is 12.4. The Morgan fingerprint density at radius 3 is 2.91 bits per heavy atom. The van der Waals surface area contributed by atoms with Crippen LogP contribution in [0.2, 0.25) is 0 Å². The first-order chi connectivity index (χ1) is 11.2. The van der Waals surface area contributed by atoms with Crippen molar-refractivity contribution in [3.8, 4) is 11.4 Å². The van der Waals surface area contributed by atoms with Crippen LogP contribution in [-0.2, 0) is 0 Å². The second kappa shape index (κ2) is 5.55. The molecule has 2 aromatic heterocycles. The lowest BCUT2D eigenvalue weighted by molar-refractivity contribution is 0.198. The van der Waals surface area contributed by atoms with Gasteiger partial charge in [-0.15, -0.1) is 0 Å². The highest BCUT2D eigenvalue weighted by atomic mass is 19.1. The molecule has 1 N–H and O–H groups in total. The number of aliphatic hydroxyl groups excluding tert-OH is 1. The number of aliphatic hydroxyl groups is 1. The van der Waals surface area contributed by atoms with Crippen molar-refractivity contribution >= 4 is 16.7 Å². The van der Waals surface area contributed by atoms with E-state index in [1.807, 2.05) is 11.0 Å². The Bertz CT molecular complexity index is 870. The SMILES string of the molecule is OC1CCN(c2ccnc(-c3cc(F)cc4cccnc34)n2)C1. The van der Waals surface area contributed by atoms with E-state index in [1.165, 1.54) is 12.1 Å². The molecular formula is C17H15FN4O. The summed E-state index contributed by atoms with van der Waals surface area (Å²) in [4.78, 5) is 15.2. The zero-order chi connectivity index (χ0) is 15.8. The summed E-state index contributed by atoms with van der Waals surface area (Å²) in [7, 11) is 0. The Hall–Kier alpha value is -2.60. The highest BCUT2D eigenvalue weighted by Crippen LogP contribution is 2.27. The van der Waals surface area contributed by atoms with E-state index in [4.69, 9.17) is 0 Å². The molecule has 4 rings (SSSR count). The molecule has 0 bridgehead atoms. The Kier molecular flexibility index (Phi) is 3.38. The summed E-state index contributed by atoms with van der Waals surface area (Å²) in [6.07, 6.45) is 3.72. The molecule has 3 heterocycles. The Balaban J connectivity index is 1.82. The Labute approximate surface area is 132 Å². The molecule has 0 spiro atoms. The van der Waals surface area contributed by atoms with Crippen LogP contribution in [0.25, 0.3) is 22.3 Å². The van der Waals surface area contributed by atoms with Gasteiger partial charge in [0.2, 0.25) is 0 Å². The highest BCUT2D eigenvalue weighted by Gasteiger charge is 2.22. The molecule has 0 saturated carbocycles. The molecule has 5 nitrogen and oxygen atoms in total. The van der Waals surface area contributed by atoms with Crippen molar-refractivity contribution in [1.29, 1.82) is 0 Å². The molecule has 0 radical (unpaired) electrons. The molecule has 6 heteroatoms. The number of rotatable bonds is 2. The fourth-order valence-corrected chi connectivity index (χ4v) is 2.93. The molecule has 3 aromatic rings. The number of aromatic nitrogens is 3. The summed E-state index contributed by atoms with van der Waals surface area (Å²) < 4.78 is 13.9. The van der Waals surface area contributed by atoms with Gasteiger partial charge < -0.3 is 10.0 Å². The molecule has 1 aromatic carbocycles. The zero-order valence-corrected chi connectivity index (χ0v) is 12.4. The number of anilines is 1. The Morgan fingerprint density at radius 1 is 1.17 bits per heavy atom. The third-order valence-electron chi connectivity index (χ3n) is 4.04. The number of pyridine rings is 1. The first-order valence-electron chi connectivity index (χ1n) is 7.51. The van der Waals surface area contributed by atoms with E-state index in [9.17, 15) is 9.50 Å². The lowest BCUT2D eigenvalue weighted by Crippen LogP contribution is -2.22. The molecule has 1 atom stereocenters. The van der Waals surface area contributed by atoms with E-state index in [2.05, 4.69) is 15.0 Å². The van der Waals surface area contributed by atoms with E-state index >= 15 is 0 Å². The quantitative estimate of drug-likeness (QED) is 0.787. The average Bonchev–Trinajstić information content (AvgIpc) is 3.01. The molecular weight excluding hydrogens is 295 g/mol. The highest BCUT2D eigenvalue weighted by molar-refractivity contribution is 5.91. The van der Waals surface area contributed by atoms with Gasteiger partial charge in [0.25, 0.3) is 0 Å². The molecule has 1 fully saturated rings. The van der Waals surface area contributed by atoms with Gasteiger partial charge in [-0.2, -0.15) is 0 Å². The van der Waals surface area contributed by atoms with Gasteiger partial charge >= 0.3 is 0 Å². The summed E-state index contributed by atoms with van der Waals surface area (Å²) in [5.74, 6) is 0.832. The van der Waals surface area contributed by atoms with Crippen molar-refractivity contribution in [2.45, 2.75) is 12.5 Å². The van der Waals surface area contributed by atoms with Gasteiger partial charge in [-0.05, 0) is 30.7 Å². The van der Waals surface area contributed by atoms with Gasteiger partial charge in [0.15, 0.2) is 5.82 Å². The molecule has 1 aliphatic rings. The van der Waals surface area contributed by atoms with Crippen LogP contribution in [0.1, 0.15) is 6.42 Å². The maximum Gasteiger partial charge on any atom is 0.163 e. The minimum Gasteiger partial charge on any atom is -0.391 e. The number of fused-ring (bicyclic) bond motifs is 1. The number of benzene rings is 1. The van der Waals surface area contributed by atoms with Crippen LogP contribution in [-0.4, -0.2) is 39.3 Å². The Morgan fingerprint density at radius 2 is 2.09 bits per heavy atom. The van der Waals surface area contributed by atoms with Gasteiger partial charge in [0.05, 0.1) is 11.6 Å². The maximum absolute atomic E-state index is 13.9. The van der Waals surface area contributed by atoms with Gasteiger partial charge in [-0.3, -0.25) is 4.98 Å². The summed E-state index contributed by atoms with van der Waals surface area (Å²) in [6.45, 7) is 1.30. The predicted octanol–water partition coefficient (Wildman–Crippen LogP) is 2.40. The molecule has 23 heavy (non-hydrogen) atoms. The second-order valence-electron chi connectivity index (χ2n) is 5.66. The summed E-state index contributed by atoms with van der Waals surface area (Å²) >= 11 is 0. The van der Waals surface area contributed by atoms with E-state index in [1.54, 1.807) is 24.5 Å². The van der Waals surface area contributed by atoms with E-state index in [-0.39, 0.29) is 11.9 Å². The number of halogens is 1. The van der Waals surface area contributed by atoms with Crippen molar-refractivity contribution in [2.24, 2.45) is 0 Å². The normalized spacial score (nSPS) is 17.8. The number of hydrogen-bond donors (Lipinski definition) is 1. The predicted molar refractivity (Wildman–Crippen MR) is 85.6 cm³/mol. The molecule has 0 aliphatic carbocycles. The standard InChI is InChI=1S/C17H15FN4O/c18-12-8-11-2-1-5-19-16(11)14(9-12)17-20-6-3-15(21-17)22-7-4-13(23)10-22/h1-3,5-6,8-9,13,23H,4,7,10H2. The summed E-state index contributed by atoms with van der Waals surface area (Å²) in [6, 6.07) is 8.25. The topological polar surface area (TPSA) is 62.1 Å². The largest absolute Gasteiger partial charge is 0.391 e. The van der Waals surface area contributed by atoms with Crippen LogP contribution < -0.4 is 4.90 Å². The smallest absolute Gasteiger partial charge is 0.163 e. The summed E-state index contributed by atoms with van der Waals surface area (Å²) in [5.41, 5.74) is 1.25. The van der Waals surface area contributed by atoms with E-state index in [0.29, 0.717) is 28.8 Å². The van der Waals surface area contributed by atoms with Gasteiger partial charge in [-0.1, -0.05) is 6.07 Å². The number of β-amino-alcohol motifs (C(OH)–C–C–N with tert-alkyl or cyclic N) is 1. The lowest BCUT2D eigenvalue weighted by atomic mass is 10.1. The van der Waals surface area contributed by atoms with Crippen molar-refractivity contribution in [1.82, 2.24) is 15.0 Å². The first kappa shape index (κ1) is 14.0. The third-order valence-corrected chi connectivity index (χ3v) is 4.04. The third kappa shape index (κ3) is 2.61. The van der Waals surface area contributed by atoms with Gasteiger partial charge in [0.1, 0.15) is 11.6 Å². The van der Waals surface area contributed by atoms with Crippen LogP contribution in [0.4, 0.5) is 10.2 Å². The van der Waals surface area contributed by atoms with Crippen molar-refractivity contribution in [3.05, 3.63) is 48.5 Å². The average molecular weight is 310 g/mol. The fraction of sp³-hybridized carbons (Fsp3) is 0.235. The minimum absolute atomic E-state index is 0.329. The molecule has 0 amide bonds. The number of hydrogen-bond acceptors (Lipinski definition) is 5. The van der Waals surface area contributed by atoms with Gasteiger partial charge in [-0.25, -0.2) is 14.4 Å². The van der Waals surface area contributed by atoms with Crippen molar-refractivity contribution < 1.29 is 9.50 Å². The fourth-order valence-electron chi connectivity index (χ4n) is 2.93. The van der Waals surface area contributed by atoms with Gasteiger partial charge in [0, 0.05) is 36.4 Å². The molecule has 1 aliphatic heterocycles. The van der Waals surface area contributed by atoms with Crippen LogP contribution in [0.3, 0.4) is 0 Å². The van der Waals surface area contributed by atoms with Crippen LogP contribution in [0.15, 0.2) is 42.7 Å². The van der Waals surface area contributed by atoms with E-state index in [0.717, 1.165) is 18.8 Å². The molecule has 1 saturated heterocycles. The molecule has 116 valence electrons. The van der Waals surface area contributed by atoms with Crippen LogP contribution in [0.5, 0.6) is 0 Å². The van der Waals surface area contributed by atoms with Crippen molar-refractivity contribution in [2.75, 3.05) is 18.0 Å². The molecule has 1 unspecified atom stereocenters. The van der Waals surface area contributed by atoms with E-state index < -0.39 is 0 Å². The second-order valence-corrected chi connectivity index (χ2v) is 5.66. The van der Waals surface area contributed by atoms with Crippen LogP contribution >= 0.6 is 0 Å². The maximum atomic E-state index is 13.9.